The molecule has 0 aliphatic carbocycles. The van der Waals surface area contributed by atoms with Crippen molar-refractivity contribution >= 4 is 34.7 Å². The molecule has 0 saturated carbocycles. The number of rotatable bonds is 7. The molecule has 9 nitrogen and oxygen atoms in total. The third kappa shape index (κ3) is 4.96. The third-order valence-corrected chi connectivity index (χ3v) is 6.28. The van der Waals surface area contributed by atoms with Crippen molar-refractivity contribution in [3.63, 3.8) is 0 Å². The van der Waals surface area contributed by atoms with E-state index < -0.39 is 22.7 Å². The fourth-order valence-electron chi connectivity index (χ4n) is 4.32. The van der Waals surface area contributed by atoms with E-state index in [0.717, 1.165) is 13.1 Å². The number of morpholine rings is 1. The second-order valence-corrected chi connectivity index (χ2v) is 8.60. The lowest BCUT2D eigenvalue weighted by Gasteiger charge is -2.29. The average molecular weight is 486 g/mol. The first-order valence-corrected chi connectivity index (χ1v) is 11.3. The van der Waals surface area contributed by atoms with Crippen LogP contribution < -0.4 is 0 Å². The maximum absolute atomic E-state index is 13.1. The van der Waals surface area contributed by atoms with Crippen LogP contribution in [0, 0.1) is 10.1 Å². The summed E-state index contributed by atoms with van der Waals surface area (Å²) in [6.07, 6.45) is 0.597. The van der Waals surface area contributed by atoms with E-state index in [2.05, 4.69) is 4.90 Å². The molecule has 1 atom stereocenters. The van der Waals surface area contributed by atoms with Crippen molar-refractivity contribution in [2.24, 2.45) is 0 Å². The molecule has 1 amide bonds. The monoisotopic (exact) mass is 485 g/mol. The molecule has 2 saturated heterocycles. The maximum Gasteiger partial charge on any atom is 0.295 e. The summed E-state index contributed by atoms with van der Waals surface area (Å²) in [4.78, 5) is 40.5. The van der Waals surface area contributed by atoms with Crippen molar-refractivity contribution in [1.29, 1.82) is 0 Å². The molecule has 0 radical (unpaired) electrons. The van der Waals surface area contributed by atoms with Crippen LogP contribution in [0.1, 0.15) is 23.6 Å². The van der Waals surface area contributed by atoms with E-state index in [1.165, 1.54) is 23.1 Å². The Hall–Kier alpha value is -3.27. The van der Waals surface area contributed by atoms with Crippen LogP contribution in [0.4, 0.5) is 5.69 Å². The summed E-state index contributed by atoms with van der Waals surface area (Å²) < 4.78 is 5.36. The molecule has 2 aromatic rings. The molecule has 1 N–H and O–H groups in total. The summed E-state index contributed by atoms with van der Waals surface area (Å²) in [6, 6.07) is 11.1. The number of non-ortho nitro benzene ring substituents is 1. The quantitative estimate of drug-likeness (QED) is 0.210. The second kappa shape index (κ2) is 10.3. The average Bonchev–Trinajstić information content (AvgIpc) is 3.10. The zero-order valence-electron chi connectivity index (χ0n) is 18.4. The van der Waals surface area contributed by atoms with Crippen molar-refractivity contribution in [3.8, 4) is 0 Å². The van der Waals surface area contributed by atoms with Gasteiger partial charge in [-0.1, -0.05) is 23.7 Å². The number of nitro benzene ring substituents is 1. The lowest BCUT2D eigenvalue weighted by molar-refractivity contribution is -0.384. The number of halogens is 1. The number of benzene rings is 2. The minimum atomic E-state index is -0.944. The van der Waals surface area contributed by atoms with Gasteiger partial charge in [0, 0.05) is 48.9 Å². The zero-order valence-corrected chi connectivity index (χ0v) is 19.1. The van der Waals surface area contributed by atoms with Crippen molar-refractivity contribution in [2.45, 2.75) is 12.5 Å². The van der Waals surface area contributed by atoms with Crippen LogP contribution in [0.15, 0.2) is 54.1 Å². The minimum absolute atomic E-state index is 0.0980. The van der Waals surface area contributed by atoms with Crippen molar-refractivity contribution in [2.75, 3.05) is 39.4 Å². The maximum atomic E-state index is 13.1. The van der Waals surface area contributed by atoms with Gasteiger partial charge in [-0.2, -0.15) is 0 Å². The van der Waals surface area contributed by atoms with Crippen LogP contribution in [-0.2, 0) is 14.3 Å². The number of likely N-dealkylation sites (tertiary alicyclic amines) is 1. The fraction of sp³-hybridized carbons (Fsp3) is 0.333. The Bertz CT molecular complexity index is 1130. The Labute approximate surface area is 201 Å². The van der Waals surface area contributed by atoms with E-state index in [4.69, 9.17) is 16.3 Å². The normalized spacial score (nSPS) is 20.6. The van der Waals surface area contributed by atoms with Gasteiger partial charge < -0.3 is 14.7 Å². The molecule has 0 unspecified atom stereocenters. The molecule has 2 aliphatic rings. The summed E-state index contributed by atoms with van der Waals surface area (Å²) in [5.74, 6) is -1.91. The van der Waals surface area contributed by atoms with Crippen molar-refractivity contribution < 1.29 is 24.4 Å². The van der Waals surface area contributed by atoms with E-state index in [9.17, 15) is 24.8 Å². The lowest BCUT2D eigenvalue weighted by atomic mass is 9.95. The molecule has 0 spiro atoms. The van der Waals surface area contributed by atoms with Gasteiger partial charge in [-0.05, 0) is 36.2 Å². The summed E-state index contributed by atoms with van der Waals surface area (Å²) in [5.41, 5.74) is 0.448. The highest BCUT2D eigenvalue weighted by Gasteiger charge is 2.46. The van der Waals surface area contributed by atoms with Gasteiger partial charge in [-0.15, -0.1) is 0 Å². The van der Waals surface area contributed by atoms with Gasteiger partial charge in [0.1, 0.15) is 5.76 Å². The molecule has 0 aromatic heterocycles. The number of carbonyl (C=O) groups excluding carboxylic acids is 2. The molecule has 178 valence electrons. The predicted molar refractivity (Wildman–Crippen MR) is 125 cm³/mol. The van der Waals surface area contributed by atoms with E-state index in [1.54, 1.807) is 30.3 Å². The summed E-state index contributed by atoms with van der Waals surface area (Å²) in [7, 11) is 0. The van der Waals surface area contributed by atoms with Crippen molar-refractivity contribution in [1.82, 2.24) is 9.80 Å². The van der Waals surface area contributed by atoms with Crippen LogP contribution in [0.2, 0.25) is 5.02 Å². The lowest BCUT2D eigenvalue weighted by Crippen LogP contribution is -2.39. The number of carbonyl (C=O) groups is 2. The van der Waals surface area contributed by atoms with Gasteiger partial charge in [0.15, 0.2) is 0 Å². The number of nitrogens with zero attached hydrogens (tertiary/aromatic N) is 3. The third-order valence-electron chi connectivity index (χ3n) is 6.03. The van der Waals surface area contributed by atoms with Gasteiger partial charge in [0.05, 0.1) is 29.8 Å². The van der Waals surface area contributed by atoms with Crippen LogP contribution >= 0.6 is 11.6 Å². The summed E-state index contributed by atoms with van der Waals surface area (Å²) in [5, 5.41) is 22.9. The number of ether oxygens (including phenoxy) is 1. The van der Waals surface area contributed by atoms with Crippen molar-refractivity contribution in [3.05, 3.63) is 80.4 Å². The number of aliphatic hydroxyl groups excluding tert-OH is 1. The SMILES string of the molecule is O=C1C(=O)N(CCCN2CCOCC2)[C@H](c2cccc([N+](=O)[O-])c2)/C1=C(\O)c1ccc(Cl)cc1. The molecule has 34 heavy (non-hydrogen) atoms. The van der Waals surface area contributed by atoms with E-state index in [0.29, 0.717) is 42.3 Å². The predicted octanol–water partition coefficient (Wildman–Crippen LogP) is 3.39. The molecule has 10 heteroatoms. The van der Waals surface area contributed by atoms with Gasteiger partial charge in [0.25, 0.3) is 17.4 Å². The minimum Gasteiger partial charge on any atom is -0.507 e. The van der Waals surface area contributed by atoms with Crippen LogP contribution in [0.5, 0.6) is 0 Å². The van der Waals surface area contributed by atoms with Gasteiger partial charge in [0.2, 0.25) is 0 Å². The zero-order chi connectivity index (χ0) is 24.2. The number of nitro groups is 1. The Morgan fingerprint density at radius 1 is 1.12 bits per heavy atom. The summed E-state index contributed by atoms with van der Waals surface area (Å²) >= 11 is 5.94. The van der Waals surface area contributed by atoms with E-state index in [-0.39, 0.29) is 23.6 Å². The Kier molecular flexibility index (Phi) is 7.26. The van der Waals surface area contributed by atoms with Crippen LogP contribution in [-0.4, -0.2) is 70.9 Å². The second-order valence-electron chi connectivity index (χ2n) is 8.16. The van der Waals surface area contributed by atoms with Gasteiger partial charge >= 0.3 is 0 Å². The highest BCUT2D eigenvalue weighted by Crippen LogP contribution is 2.40. The molecule has 2 fully saturated rings. The van der Waals surface area contributed by atoms with Crippen LogP contribution in [0.25, 0.3) is 5.76 Å². The molecular weight excluding hydrogens is 462 g/mol. The standard InChI is InChI=1S/C24H24ClN3O6/c25-18-7-5-16(6-8-18)22(29)20-21(17-3-1-4-19(15-17)28(32)33)27(24(31)23(20)30)10-2-9-26-11-13-34-14-12-26/h1,3-8,15,21,29H,2,9-14H2/b22-20+/t21-/m1/s1. The Morgan fingerprint density at radius 3 is 2.50 bits per heavy atom. The smallest absolute Gasteiger partial charge is 0.295 e. The van der Waals surface area contributed by atoms with Crippen LogP contribution in [0.3, 0.4) is 0 Å². The number of ketones is 1. The number of Topliss-reactive ketones (excluding diaryl/α,β-unsaturated/α-hetero) is 1. The first-order chi connectivity index (χ1) is 16.4. The topological polar surface area (TPSA) is 113 Å². The fourth-order valence-corrected chi connectivity index (χ4v) is 4.44. The van der Waals surface area contributed by atoms with Gasteiger partial charge in [-0.3, -0.25) is 24.6 Å². The molecule has 2 aromatic carbocycles. The molecule has 2 heterocycles. The number of amides is 1. The summed E-state index contributed by atoms with van der Waals surface area (Å²) in [6.45, 7) is 3.86. The number of hydrogen-bond donors (Lipinski definition) is 1. The first-order valence-electron chi connectivity index (χ1n) is 11.0. The van der Waals surface area contributed by atoms with E-state index >= 15 is 0 Å². The Balaban J connectivity index is 1.70. The highest BCUT2D eigenvalue weighted by molar-refractivity contribution is 6.46. The van der Waals surface area contributed by atoms with Gasteiger partial charge in [-0.25, -0.2) is 0 Å². The number of hydrogen-bond acceptors (Lipinski definition) is 7. The highest BCUT2D eigenvalue weighted by atomic mass is 35.5. The number of aliphatic hydroxyl groups is 1. The largest absolute Gasteiger partial charge is 0.507 e. The first kappa shape index (κ1) is 23.9. The molecule has 2 aliphatic heterocycles. The molecule has 0 bridgehead atoms. The molecule has 4 rings (SSSR count). The van der Waals surface area contributed by atoms with E-state index in [1.807, 2.05) is 0 Å². The molecular formula is C24H24ClN3O6. The Morgan fingerprint density at radius 2 is 1.82 bits per heavy atom.